The van der Waals surface area contributed by atoms with Gasteiger partial charge in [0.05, 0.1) is 20.3 Å². The van der Waals surface area contributed by atoms with Crippen molar-refractivity contribution < 1.29 is 13.9 Å². The third-order valence-electron chi connectivity index (χ3n) is 6.32. The van der Waals surface area contributed by atoms with Crippen LogP contribution in [0.3, 0.4) is 0 Å². The van der Waals surface area contributed by atoms with Crippen LogP contribution in [0.25, 0.3) is 6.08 Å². The quantitative estimate of drug-likeness (QED) is 0.454. The molecule has 32 heavy (non-hydrogen) atoms. The zero-order valence-corrected chi connectivity index (χ0v) is 20.6. The SMILES string of the molecule is COc1cc(OC)c2c(c1)[C@@H](O[Si](c1ccccc1)(c1ccccc1)C(C)(C)C)CC=C2. The summed E-state index contributed by atoms with van der Waals surface area (Å²) in [4.78, 5) is 0. The van der Waals surface area contributed by atoms with Gasteiger partial charge in [-0.25, -0.2) is 0 Å². The molecule has 0 saturated heterocycles. The molecule has 0 aliphatic heterocycles. The molecule has 0 saturated carbocycles. The van der Waals surface area contributed by atoms with Gasteiger partial charge in [-0.05, 0) is 33.5 Å². The lowest BCUT2D eigenvalue weighted by molar-refractivity contribution is 0.191. The summed E-state index contributed by atoms with van der Waals surface area (Å²) in [5.74, 6) is 1.60. The summed E-state index contributed by atoms with van der Waals surface area (Å²) in [6.45, 7) is 6.93. The molecule has 166 valence electrons. The van der Waals surface area contributed by atoms with Crippen LogP contribution in [-0.4, -0.2) is 22.5 Å². The van der Waals surface area contributed by atoms with Crippen LogP contribution >= 0.6 is 0 Å². The van der Waals surface area contributed by atoms with Crippen molar-refractivity contribution in [3.05, 3.63) is 90.0 Å². The van der Waals surface area contributed by atoms with Gasteiger partial charge in [-0.2, -0.15) is 0 Å². The highest BCUT2D eigenvalue weighted by Gasteiger charge is 2.51. The van der Waals surface area contributed by atoms with Crippen LogP contribution in [0, 0.1) is 0 Å². The fourth-order valence-corrected chi connectivity index (χ4v) is 9.47. The molecule has 1 aliphatic carbocycles. The topological polar surface area (TPSA) is 27.7 Å². The van der Waals surface area contributed by atoms with Crippen molar-refractivity contribution >= 4 is 24.8 Å². The van der Waals surface area contributed by atoms with E-state index in [0.717, 1.165) is 29.0 Å². The maximum Gasteiger partial charge on any atom is 0.261 e. The van der Waals surface area contributed by atoms with Crippen molar-refractivity contribution in [1.29, 1.82) is 0 Å². The van der Waals surface area contributed by atoms with E-state index in [2.05, 4.69) is 99.7 Å². The van der Waals surface area contributed by atoms with E-state index in [1.807, 2.05) is 6.07 Å². The van der Waals surface area contributed by atoms with Crippen LogP contribution < -0.4 is 19.8 Å². The highest BCUT2D eigenvalue weighted by atomic mass is 28.4. The Hall–Kier alpha value is -2.82. The van der Waals surface area contributed by atoms with Gasteiger partial charge in [0, 0.05) is 11.6 Å². The molecule has 0 fully saturated rings. The van der Waals surface area contributed by atoms with E-state index < -0.39 is 8.32 Å². The molecular weight excluding hydrogens is 412 g/mol. The Morgan fingerprint density at radius 2 is 1.41 bits per heavy atom. The van der Waals surface area contributed by atoms with E-state index in [4.69, 9.17) is 13.9 Å². The summed E-state index contributed by atoms with van der Waals surface area (Å²) in [5, 5.41) is 2.48. The first kappa shape index (κ1) is 22.4. The van der Waals surface area contributed by atoms with E-state index >= 15 is 0 Å². The Labute approximate surface area is 192 Å². The van der Waals surface area contributed by atoms with Gasteiger partial charge in [0.15, 0.2) is 0 Å². The number of hydrogen-bond donors (Lipinski definition) is 0. The van der Waals surface area contributed by atoms with Crippen molar-refractivity contribution in [2.75, 3.05) is 14.2 Å². The standard InChI is InChI=1S/C28H32O3Si/c1-28(2,3)32(22-13-8-6-9-14-22,23-15-10-7-11-16-23)31-26-18-12-17-24-25(26)19-21(29-4)20-27(24)30-5/h6-17,19-20,26H,18H2,1-5H3/t26-/m0/s1. The van der Waals surface area contributed by atoms with Crippen molar-refractivity contribution in [3.8, 4) is 11.5 Å². The Bertz CT molecular complexity index is 1050. The van der Waals surface area contributed by atoms with Crippen LogP contribution in [0.2, 0.25) is 5.04 Å². The third-order valence-corrected chi connectivity index (χ3v) is 11.4. The van der Waals surface area contributed by atoms with E-state index in [-0.39, 0.29) is 11.1 Å². The summed E-state index contributed by atoms with van der Waals surface area (Å²) in [7, 11) is 0.720. The van der Waals surface area contributed by atoms with Crippen molar-refractivity contribution in [2.24, 2.45) is 0 Å². The third kappa shape index (κ3) is 3.89. The second-order valence-corrected chi connectivity index (χ2v) is 13.5. The number of fused-ring (bicyclic) bond motifs is 1. The molecule has 0 N–H and O–H groups in total. The Kier molecular flexibility index (Phi) is 6.27. The smallest absolute Gasteiger partial charge is 0.261 e. The molecule has 0 radical (unpaired) electrons. The molecule has 1 aliphatic rings. The minimum absolute atomic E-state index is 0.0833. The van der Waals surface area contributed by atoms with Gasteiger partial charge in [-0.1, -0.05) is 93.6 Å². The fourth-order valence-electron chi connectivity index (χ4n) is 4.81. The van der Waals surface area contributed by atoms with Crippen LogP contribution in [0.5, 0.6) is 11.5 Å². The van der Waals surface area contributed by atoms with Crippen LogP contribution in [0.1, 0.15) is 44.4 Å². The minimum Gasteiger partial charge on any atom is -0.497 e. The second-order valence-electron chi connectivity index (χ2n) is 9.24. The highest BCUT2D eigenvalue weighted by Crippen LogP contribution is 2.45. The van der Waals surface area contributed by atoms with E-state index in [1.54, 1.807) is 14.2 Å². The zero-order chi connectivity index (χ0) is 22.8. The maximum atomic E-state index is 7.42. The molecule has 0 aromatic heterocycles. The average Bonchev–Trinajstić information content (AvgIpc) is 2.82. The first-order chi connectivity index (χ1) is 15.4. The molecule has 1 atom stereocenters. The lowest BCUT2D eigenvalue weighted by Crippen LogP contribution is -2.66. The fraction of sp³-hybridized carbons (Fsp3) is 0.286. The van der Waals surface area contributed by atoms with Gasteiger partial charge in [-0.15, -0.1) is 0 Å². The van der Waals surface area contributed by atoms with E-state index in [9.17, 15) is 0 Å². The molecule has 0 spiro atoms. The molecule has 0 heterocycles. The van der Waals surface area contributed by atoms with E-state index in [0.29, 0.717) is 0 Å². The predicted molar refractivity (Wildman–Crippen MR) is 135 cm³/mol. The van der Waals surface area contributed by atoms with Crippen molar-refractivity contribution in [1.82, 2.24) is 0 Å². The predicted octanol–water partition coefficient (Wildman–Crippen LogP) is 5.74. The molecule has 3 nitrogen and oxygen atoms in total. The van der Waals surface area contributed by atoms with Gasteiger partial charge in [0.1, 0.15) is 11.5 Å². The normalized spacial score (nSPS) is 15.8. The zero-order valence-electron chi connectivity index (χ0n) is 19.6. The molecule has 4 rings (SSSR count). The first-order valence-corrected chi connectivity index (χ1v) is 13.0. The molecular formula is C28H32O3Si. The van der Waals surface area contributed by atoms with Gasteiger partial charge in [-0.3, -0.25) is 0 Å². The van der Waals surface area contributed by atoms with Crippen LogP contribution in [-0.2, 0) is 4.43 Å². The number of methoxy groups -OCH3 is 2. The lowest BCUT2D eigenvalue weighted by Gasteiger charge is -2.45. The molecule has 3 aromatic rings. The molecule has 0 unspecified atom stereocenters. The monoisotopic (exact) mass is 444 g/mol. The summed E-state index contributed by atoms with van der Waals surface area (Å²) in [5.41, 5.74) is 2.19. The Morgan fingerprint density at radius 3 is 1.91 bits per heavy atom. The summed E-state index contributed by atoms with van der Waals surface area (Å²) < 4.78 is 18.7. The second kappa shape index (κ2) is 8.97. The summed E-state index contributed by atoms with van der Waals surface area (Å²) in [6.07, 6.45) is 5.05. The van der Waals surface area contributed by atoms with Crippen molar-refractivity contribution in [2.45, 2.75) is 38.3 Å². The van der Waals surface area contributed by atoms with Gasteiger partial charge in [0.25, 0.3) is 8.32 Å². The summed E-state index contributed by atoms with van der Waals surface area (Å²) in [6, 6.07) is 25.6. The first-order valence-electron chi connectivity index (χ1n) is 11.1. The number of ether oxygens (including phenoxy) is 2. The number of benzene rings is 3. The van der Waals surface area contributed by atoms with Gasteiger partial charge in [0.2, 0.25) is 0 Å². The molecule has 0 amide bonds. The van der Waals surface area contributed by atoms with Crippen molar-refractivity contribution in [3.63, 3.8) is 0 Å². The molecule has 4 heteroatoms. The molecule has 0 bridgehead atoms. The highest BCUT2D eigenvalue weighted by molar-refractivity contribution is 6.99. The minimum atomic E-state index is -2.68. The summed E-state index contributed by atoms with van der Waals surface area (Å²) >= 11 is 0. The maximum absolute atomic E-state index is 7.42. The van der Waals surface area contributed by atoms with Crippen LogP contribution in [0.4, 0.5) is 0 Å². The van der Waals surface area contributed by atoms with Gasteiger partial charge < -0.3 is 13.9 Å². The average molecular weight is 445 g/mol. The Balaban J connectivity index is 1.92. The molecule has 3 aromatic carbocycles. The van der Waals surface area contributed by atoms with Gasteiger partial charge >= 0.3 is 0 Å². The Morgan fingerprint density at radius 1 is 0.812 bits per heavy atom. The lowest BCUT2D eigenvalue weighted by atomic mass is 9.94. The van der Waals surface area contributed by atoms with E-state index in [1.165, 1.54) is 10.4 Å². The number of rotatable bonds is 6. The largest absolute Gasteiger partial charge is 0.497 e. The number of hydrogen-bond acceptors (Lipinski definition) is 3. The van der Waals surface area contributed by atoms with Crippen LogP contribution in [0.15, 0.2) is 78.9 Å².